The highest BCUT2D eigenvalue weighted by Crippen LogP contribution is 2.30. The summed E-state index contributed by atoms with van der Waals surface area (Å²) in [6, 6.07) is 15.2. The summed E-state index contributed by atoms with van der Waals surface area (Å²) in [4.78, 5) is 2.93. The molecule has 16 heavy (non-hydrogen) atoms. The smallest absolute Gasteiger partial charge is 0.0102 e. The Balaban J connectivity index is 2.15. The second-order valence-electron chi connectivity index (χ2n) is 5.18. The van der Waals surface area contributed by atoms with Gasteiger partial charge >= 0.3 is 0 Å². The molecule has 1 aromatic heterocycles. The van der Waals surface area contributed by atoms with E-state index in [1.807, 2.05) is 11.3 Å². The zero-order chi connectivity index (χ0) is 11.6. The molecule has 0 aliphatic heterocycles. The molecule has 0 amide bonds. The Morgan fingerprint density at radius 1 is 0.938 bits per heavy atom. The fourth-order valence-electron chi connectivity index (χ4n) is 1.67. The number of hydrogen-bond acceptors (Lipinski definition) is 1. The van der Waals surface area contributed by atoms with Crippen LogP contribution in [0.15, 0.2) is 42.5 Å². The Kier molecular flexibility index (Phi) is 3.15. The molecule has 2 aromatic rings. The lowest BCUT2D eigenvalue weighted by Gasteiger charge is -2.15. The highest BCUT2D eigenvalue weighted by Gasteiger charge is 2.15. The van der Waals surface area contributed by atoms with Gasteiger partial charge in [0.15, 0.2) is 0 Å². The lowest BCUT2D eigenvalue weighted by molar-refractivity contribution is 0.604. The van der Waals surface area contributed by atoms with Gasteiger partial charge in [0.1, 0.15) is 0 Å². The van der Waals surface area contributed by atoms with Gasteiger partial charge in [-0.15, -0.1) is 11.3 Å². The quantitative estimate of drug-likeness (QED) is 0.705. The first kappa shape index (κ1) is 11.4. The zero-order valence-corrected chi connectivity index (χ0v) is 11.0. The van der Waals surface area contributed by atoms with Crippen LogP contribution in [-0.4, -0.2) is 0 Å². The minimum Gasteiger partial charge on any atom is -0.145 e. The third kappa shape index (κ3) is 2.73. The lowest BCUT2D eigenvalue weighted by atomic mass is 9.95. The Bertz CT molecular complexity index is 446. The van der Waals surface area contributed by atoms with Gasteiger partial charge in [-0.05, 0) is 23.1 Å². The summed E-state index contributed by atoms with van der Waals surface area (Å²) in [7, 11) is 0. The van der Waals surface area contributed by atoms with E-state index in [4.69, 9.17) is 0 Å². The molecule has 0 bridgehead atoms. The van der Waals surface area contributed by atoms with Crippen LogP contribution in [0.2, 0.25) is 0 Å². The summed E-state index contributed by atoms with van der Waals surface area (Å²) in [6.07, 6.45) is 1.06. The van der Waals surface area contributed by atoms with Crippen LogP contribution >= 0.6 is 11.3 Å². The van der Waals surface area contributed by atoms with Gasteiger partial charge in [-0.3, -0.25) is 0 Å². The molecule has 84 valence electrons. The summed E-state index contributed by atoms with van der Waals surface area (Å²) in [6.45, 7) is 6.81. The molecule has 0 aliphatic rings. The van der Waals surface area contributed by atoms with Crippen molar-refractivity contribution in [3.63, 3.8) is 0 Å². The van der Waals surface area contributed by atoms with Crippen molar-refractivity contribution in [1.29, 1.82) is 0 Å². The Hall–Kier alpha value is -1.08. The van der Waals surface area contributed by atoms with Crippen LogP contribution in [0.4, 0.5) is 0 Å². The van der Waals surface area contributed by atoms with E-state index < -0.39 is 0 Å². The molecule has 0 N–H and O–H groups in total. The predicted octanol–water partition coefficient (Wildman–Crippen LogP) is 4.64. The van der Waals surface area contributed by atoms with Gasteiger partial charge < -0.3 is 0 Å². The minimum atomic E-state index is 0.277. The molecule has 0 atom stereocenters. The van der Waals surface area contributed by atoms with Crippen LogP contribution in [0, 0.1) is 0 Å². The summed E-state index contributed by atoms with van der Waals surface area (Å²) in [5.41, 5.74) is 1.67. The van der Waals surface area contributed by atoms with E-state index in [9.17, 15) is 0 Å². The van der Waals surface area contributed by atoms with E-state index in [-0.39, 0.29) is 5.41 Å². The van der Waals surface area contributed by atoms with E-state index in [1.165, 1.54) is 15.3 Å². The highest BCUT2D eigenvalue weighted by molar-refractivity contribution is 7.12. The van der Waals surface area contributed by atoms with Crippen molar-refractivity contribution in [2.75, 3.05) is 0 Å². The van der Waals surface area contributed by atoms with Crippen molar-refractivity contribution in [2.45, 2.75) is 32.6 Å². The summed E-state index contributed by atoms with van der Waals surface area (Å²) < 4.78 is 0. The molecule has 0 saturated heterocycles. The van der Waals surface area contributed by atoms with Crippen molar-refractivity contribution < 1.29 is 0 Å². The van der Waals surface area contributed by atoms with Gasteiger partial charge in [-0.1, -0.05) is 51.1 Å². The molecule has 0 unspecified atom stereocenters. The summed E-state index contributed by atoms with van der Waals surface area (Å²) in [5.74, 6) is 0. The molecule has 1 heterocycles. The monoisotopic (exact) mass is 230 g/mol. The second-order valence-corrected chi connectivity index (χ2v) is 6.35. The zero-order valence-electron chi connectivity index (χ0n) is 10.2. The first-order valence-corrected chi connectivity index (χ1v) is 6.50. The molecule has 1 heteroatoms. The van der Waals surface area contributed by atoms with Gasteiger partial charge in [0.05, 0.1) is 0 Å². The Labute approximate surface area is 102 Å². The van der Waals surface area contributed by atoms with Gasteiger partial charge in [0.25, 0.3) is 0 Å². The van der Waals surface area contributed by atoms with E-state index in [0.717, 1.165) is 6.42 Å². The minimum absolute atomic E-state index is 0.277. The topological polar surface area (TPSA) is 0 Å². The van der Waals surface area contributed by atoms with Crippen molar-refractivity contribution in [3.8, 4) is 0 Å². The van der Waals surface area contributed by atoms with E-state index >= 15 is 0 Å². The van der Waals surface area contributed by atoms with Gasteiger partial charge in [-0.2, -0.15) is 0 Å². The van der Waals surface area contributed by atoms with E-state index in [0.29, 0.717) is 0 Å². The predicted molar refractivity (Wildman–Crippen MR) is 72.3 cm³/mol. The molecule has 0 saturated carbocycles. The fraction of sp³-hybridized carbons (Fsp3) is 0.333. The number of hydrogen-bond donors (Lipinski definition) is 0. The molecule has 2 rings (SSSR count). The Morgan fingerprint density at radius 2 is 1.62 bits per heavy atom. The van der Waals surface area contributed by atoms with E-state index in [2.05, 4.69) is 63.2 Å². The van der Waals surface area contributed by atoms with Gasteiger partial charge in [0, 0.05) is 16.2 Å². The number of benzene rings is 1. The first-order chi connectivity index (χ1) is 7.55. The van der Waals surface area contributed by atoms with Crippen LogP contribution in [0.3, 0.4) is 0 Å². The normalized spacial score (nSPS) is 11.7. The highest BCUT2D eigenvalue weighted by atomic mass is 32.1. The van der Waals surface area contributed by atoms with Crippen LogP contribution in [0.25, 0.3) is 0 Å². The first-order valence-electron chi connectivity index (χ1n) is 5.69. The molecule has 0 aliphatic carbocycles. The third-order valence-electron chi connectivity index (χ3n) is 2.62. The average Bonchev–Trinajstić information content (AvgIpc) is 2.67. The van der Waals surface area contributed by atoms with Gasteiger partial charge in [0.2, 0.25) is 0 Å². The molecule has 1 aromatic carbocycles. The van der Waals surface area contributed by atoms with Crippen LogP contribution in [-0.2, 0) is 11.8 Å². The lowest BCUT2D eigenvalue weighted by Crippen LogP contribution is -2.07. The number of rotatable bonds is 2. The standard InChI is InChI=1S/C15H18S/c1-15(2,3)14-10-9-13(16-14)11-12-7-5-4-6-8-12/h4-10H,11H2,1-3H3. The van der Waals surface area contributed by atoms with Gasteiger partial charge in [-0.25, -0.2) is 0 Å². The summed E-state index contributed by atoms with van der Waals surface area (Å²) >= 11 is 1.93. The van der Waals surface area contributed by atoms with Crippen LogP contribution < -0.4 is 0 Å². The Morgan fingerprint density at radius 3 is 2.19 bits per heavy atom. The number of thiophene rings is 1. The molecule has 0 nitrogen and oxygen atoms in total. The molecule has 0 spiro atoms. The largest absolute Gasteiger partial charge is 0.145 e. The fourth-order valence-corrected chi connectivity index (χ4v) is 2.77. The average molecular weight is 230 g/mol. The molecule has 0 fully saturated rings. The van der Waals surface area contributed by atoms with E-state index in [1.54, 1.807) is 0 Å². The summed E-state index contributed by atoms with van der Waals surface area (Å²) in [5, 5.41) is 0. The third-order valence-corrected chi connectivity index (χ3v) is 4.13. The van der Waals surface area contributed by atoms with Crippen molar-refractivity contribution in [1.82, 2.24) is 0 Å². The maximum absolute atomic E-state index is 2.27. The van der Waals surface area contributed by atoms with Crippen molar-refractivity contribution in [2.24, 2.45) is 0 Å². The van der Waals surface area contributed by atoms with Crippen LogP contribution in [0.5, 0.6) is 0 Å². The maximum atomic E-state index is 2.27. The molecular weight excluding hydrogens is 212 g/mol. The maximum Gasteiger partial charge on any atom is 0.0102 e. The second kappa shape index (κ2) is 4.42. The van der Waals surface area contributed by atoms with Crippen molar-refractivity contribution in [3.05, 3.63) is 57.8 Å². The molecular formula is C15H18S. The van der Waals surface area contributed by atoms with Crippen LogP contribution in [0.1, 0.15) is 36.1 Å². The van der Waals surface area contributed by atoms with Crippen molar-refractivity contribution >= 4 is 11.3 Å². The molecule has 0 radical (unpaired) electrons. The SMILES string of the molecule is CC(C)(C)c1ccc(Cc2ccccc2)s1.